The Morgan fingerprint density at radius 3 is 2.90 bits per heavy atom. The van der Waals surface area contributed by atoms with Gasteiger partial charge in [0.1, 0.15) is 0 Å². The van der Waals surface area contributed by atoms with Crippen molar-refractivity contribution in [2.75, 3.05) is 23.6 Å². The summed E-state index contributed by atoms with van der Waals surface area (Å²) in [4.78, 5) is 0. The fraction of sp³-hybridized carbons (Fsp3) is 0.600. The van der Waals surface area contributed by atoms with E-state index in [9.17, 15) is 8.42 Å². The van der Waals surface area contributed by atoms with Gasteiger partial charge in [-0.25, -0.2) is 8.42 Å². The molecule has 21 heavy (non-hydrogen) atoms. The summed E-state index contributed by atoms with van der Waals surface area (Å²) in [7, 11) is -3.37. The van der Waals surface area contributed by atoms with Gasteiger partial charge in [-0.2, -0.15) is 0 Å². The Balaban J connectivity index is 2.02. The van der Waals surface area contributed by atoms with E-state index >= 15 is 0 Å². The lowest BCUT2D eigenvalue weighted by molar-refractivity contribution is 0.127. The van der Waals surface area contributed by atoms with Crippen molar-refractivity contribution >= 4 is 15.7 Å². The molecule has 2 rings (SSSR count). The van der Waals surface area contributed by atoms with Crippen molar-refractivity contribution in [1.29, 1.82) is 0 Å². The third-order valence-corrected chi connectivity index (χ3v) is 4.96. The number of benzene rings is 1. The standard InChI is InChI=1S/C15H24N2O3S/c1-3-16-12(2)13-6-4-7-14(10-13)17-21(18,19)11-15-8-5-9-20-15/h4,6-7,10,12,15-17H,3,5,8-9,11H2,1-2H3. The molecule has 6 heteroatoms. The first-order valence-electron chi connectivity index (χ1n) is 7.45. The topological polar surface area (TPSA) is 67.4 Å². The van der Waals surface area contributed by atoms with Gasteiger partial charge in [-0.15, -0.1) is 0 Å². The Morgan fingerprint density at radius 1 is 1.43 bits per heavy atom. The van der Waals surface area contributed by atoms with E-state index in [-0.39, 0.29) is 17.9 Å². The highest BCUT2D eigenvalue weighted by molar-refractivity contribution is 7.92. The van der Waals surface area contributed by atoms with Gasteiger partial charge in [0.05, 0.1) is 11.9 Å². The molecule has 2 N–H and O–H groups in total. The van der Waals surface area contributed by atoms with Gasteiger partial charge in [0.2, 0.25) is 10.0 Å². The van der Waals surface area contributed by atoms with Gasteiger partial charge in [-0.1, -0.05) is 19.1 Å². The van der Waals surface area contributed by atoms with Crippen molar-refractivity contribution in [2.45, 2.75) is 38.8 Å². The highest BCUT2D eigenvalue weighted by Crippen LogP contribution is 2.20. The van der Waals surface area contributed by atoms with Crippen LogP contribution in [0.1, 0.15) is 38.3 Å². The molecule has 1 aromatic carbocycles. The molecule has 118 valence electrons. The van der Waals surface area contributed by atoms with Crippen LogP contribution in [0.3, 0.4) is 0 Å². The first kappa shape index (κ1) is 16.3. The van der Waals surface area contributed by atoms with Crippen molar-refractivity contribution in [1.82, 2.24) is 5.32 Å². The molecule has 0 aromatic heterocycles. The lowest BCUT2D eigenvalue weighted by Gasteiger charge is -2.15. The lowest BCUT2D eigenvalue weighted by atomic mass is 10.1. The third-order valence-electron chi connectivity index (χ3n) is 3.60. The zero-order valence-corrected chi connectivity index (χ0v) is 13.4. The van der Waals surface area contributed by atoms with Gasteiger partial charge >= 0.3 is 0 Å². The number of hydrogen-bond donors (Lipinski definition) is 2. The van der Waals surface area contributed by atoms with Crippen molar-refractivity contribution in [3.05, 3.63) is 29.8 Å². The van der Waals surface area contributed by atoms with Crippen LogP contribution in [0.2, 0.25) is 0 Å². The van der Waals surface area contributed by atoms with Crippen LogP contribution in [0, 0.1) is 0 Å². The molecule has 5 nitrogen and oxygen atoms in total. The van der Waals surface area contributed by atoms with Crippen LogP contribution in [0.5, 0.6) is 0 Å². The van der Waals surface area contributed by atoms with E-state index in [1.807, 2.05) is 25.1 Å². The van der Waals surface area contributed by atoms with Gasteiger partial charge in [-0.3, -0.25) is 4.72 Å². The maximum atomic E-state index is 12.2. The average molecular weight is 312 g/mol. The van der Waals surface area contributed by atoms with Crippen LogP contribution in [-0.4, -0.2) is 33.4 Å². The number of ether oxygens (including phenoxy) is 1. The Bertz CT molecular complexity index is 554. The molecule has 2 unspecified atom stereocenters. The molecule has 0 spiro atoms. The highest BCUT2D eigenvalue weighted by atomic mass is 32.2. The molecule has 1 aliphatic heterocycles. The van der Waals surface area contributed by atoms with Gasteiger partial charge < -0.3 is 10.1 Å². The number of hydrogen-bond acceptors (Lipinski definition) is 4. The summed E-state index contributed by atoms with van der Waals surface area (Å²) in [5.74, 6) is 0.0278. The first-order valence-corrected chi connectivity index (χ1v) is 9.11. The molecule has 0 aliphatic carbocycles. The number of sulfonamides is 1. The molecular weight excluding hydrogens is 288 g/mol. The second-order valence-corrected chi connectivity index (χ2v) is 7.19. The minimum absolute atomic E-state index is 0.0278. The molecule has 1 aliphatic rings. The average Bonchev–Trinajstić information content (AvgIpc) is 2.90. The molecule has 2 atom stereocenters. The highest BCUT2D eigenvalue weighted by Gasteiger charge is 2.23. The molecule has 0 amide bonds. The van der Waals surface area contributed by atoms with Crippen LogP contribution in [0.25, 0.3) is 0 Å². The summed E-state index contributed by atoms with van der Waals surface area (Å²) in [5.41, 5.74) is 1.67. The van der Waals surface area contributed by atoms with Crippen molar-refractivity contribution in [3.63, 3.8) is 0 Å². The number of rotatable bonds is 7. The van der Waals surface area contributed by atoms with E-state index in [4.69, 9.17) is 4.74 Å². The third kappa shape index (κ3) is 4.98. The molecule has 1 heterocycles. The van der Waals surface area contributed by atoms with E-state index in [1.165, 1.54) is 0 Å². The smallest absolute Gasteiger partial charge is 0.235 e. The second-order valence-electron chi connectivity index (χ2n) is 5.42. The zero-order chi connectivity index (χ0) is 15.3. The summed E-state index contributed by atoms with van der Waals surface area (Å²) in [5, 5.41) is 3.31. The summed E-state index contributed by atoms with van der Waals surface area (Å²) < 4.78 is 32.4. The van der Waals surface area contributed by atoms with Crippen molar-refractivity contribution in [2.24, 2.45) is 0 Å². The molecule has 0 bridgehead atoms. The predicted octanol–water partition coefficient (Wildman–Crippen LogP) is 2.28. The van der Waals surface area contributed by atoms with Crippen molar-refractivity contribution in [3.8, 4) is 0 Å². The number of anilines is 1. The monoisotopic (exact) mass is 312 g/mol. The van der Waals surface area contributed by atoms with E-state index < -0.39 is 10.0 Å². The van der Waals surface area contributed by atoms with E-state index in [0.717, 1.165) is 24.9 Å². The normalized spacial score (nSPS) is 20.4. The molecule has 1 fully saturated rings. The van der Waals surface area contributed by atoms with E-state index in [2.05, 4.69) is 17.0 Å². The van der Waals surface area contributed by atoms with Crippen LogP contribution >= 0.6 is 0 Å². The van der Waals surface area contributed by atoms with E-state index in [1.54, 1.807) is 6.07 Å². The Kier molecular flexibility index (Phi) is 5.61. The predicted molar refractivity (Wildman–Crippen MR) is 84.9 cm³/mol. The summed E-state index contributed by atoms with van der Waals surface area (Å²) in [6.07, 6.45) is 1.58. The molecule has 0 radical (unpaired) electrons. The largest absolute Gasteiger partial charge is 0.377 e. The van der Waals surface area contributed by atoms with Crippen molar-refractivity contribution < 1.29 is 13.2 Å². The van der Waals surface area contributed by atoms with E-state index in [0.29, 0.717) is 12.3 Å². The van der Waals surface area contributed by atoms with Crippen LogP contribution in [-0.2, 0) is 14.8 Å². The minimum Gasteiger partial charge on any atom is -0.377 e. The van der Waals surface area contributed by atoms with Gasteiger partial charge in [0, 0.05) is 18.3 Å². The Morgan fingerprint density at radius 2 is 2.24 bits per heavy atom. The van der Waals surface area contributed by atoms with Gasteiger partial charge in [0.15, 0.2) is 0 Å². The fourth-order valence-corrected chi connectivity index (χ4v) is 3.86. The Labute approximate surface area is 127 Å². The quantitative estimate of drug-likeness (QED) is 0.810. The van der Waals surface area contributed by atoms with Crippen LogP contribution in [0.15, 0.2) is 24.3 Å². The lowest BCUT2D eigenvalue weighted by Crippen LogP contribution is -2.25. The molecular formula is C15H24N2O3S. The maximum Gasteiger partial charge on any atom is 0.235 e. The second kappa shape index (κ2) is 7.24. The van der Waals surface area contributed by atoms with Gasteiger partial charge in [0.25, 0.3) is 0 Å². The van der Waals surface area contributed by atoms with Crippen LogP contribution < -0.4 is 10.0 Å². The molecule has 1 aromatic rings. The molecule has 1 saturated heterocycles. The summed E-state index contributed by atoms with van der Waals surface area (Å²) >= 11 is 0. The first-order chi connectivity index (χ1) is 10.00. The minimum atomic E-state index is -3.37. The van der Waals surface area contributed by atoms with Gasteiger partial charge in [-0.05, 0) is 44.0 Å². The Hall–Kier alpha value is -1.11. The fourth-order valence-electron chi connectivity index (χ4n) is 2.54. The zero-order valence-electron chi connectivity index (χ0n) is 12.6. The number of nitrogens with one attached hydrogen (secondary N) is 2. The summed E-state index contributed by atoms with van der Waals surface area (Å²) in [6, 6.07) is 7.70. The maximum absolute atomic E-state index is 12.2. The van der Waals surface area contributed by atoms with Crippen LogP contribution in [0.4, 0.5) is 5.69 Å². The summed E-state index contributed by atoms with van der Waals surface area (Å²) in [6.45, 7) is 5.64. The molecule has 0 saturated carbocycles. The SMILES string of the molecule is CCNC(C)c1cccc(NS(=O)(=O)CC2CCCO2)c1.